The molecule has 2 heterocycles. The lowest BCUT2D eigenvalue weighted by atomic mass is 10.2. The van der Waals surface area contributed by atoms with Gasteiger partial charge >= 0.3 is 0 Å². The third-order valence-corrected chi connectivity index (χ3v) is 5.00. The number of benzene rings is 2. The van der Waals surface area contributed by atoms with Crippen LogP contribution in [0.3, 0.4) is 0 Å². The van der Waals surface area contributed by atoms with Crippen LogP contribution in [0.5, 0.6) is 5.75 Å². The summed E-state index contributed by atoms with van der Waals surface area (Å²) in [5, 5.41) is 5.93. The Morgan fingerprint density at radius 2 is 1.88 bits per heavy atom. The van der Waals surface area contributed by atoms with E-state index in [0.29, 0.717) is 30.5 Å². The van der Waals surface area contributed by atoms with Crippen LogP contribution in [0.1, 0.15) is 23.2 Å². The smallest absolute Gasteiger partial charge is 0.255 e. The van der Waals surface area contributed by atoms with E-state index < -0.39 is 5.82 Å². The van der Waals surface area contributed by atoms with Crippen LogP contribution in [0.25, 0.3) is 0 Å². The number of anilines is 4. The highest BCUT2D eigenvalue weighted by Crippen LogP contribution is 2.30. The lowest BCUT2D eigenvalue weighted by molar-refractivity contribution is 0.102. The first-order valence-corrected chi connectivity index (χ1v) is 10.5. The minimum Gasteiger partial charge on any atom is -0.487 e. The Morgan fingerprint density at radius 3 is 2.59 bits per heavy atom. The molecular formula is C23H25FN6O2. The first-order chi connectivity index (χ1) is 15.6. The second-order valence-electron chi connectivity index (χ2n) is 7.38. The van der Waals surface area contributed by atoms with Gasteiger partial charge in [0.25, 0.3) is 5.91 Å². The van der Waals surface area contributed by atoms with Crippen LogP contribution < -0.4 is 26.0 Å². The number of aromatic nitrogens is 2. The largest absolute Gasteiger partial charge is 0.487 e. The van der Waals surface area contributed by atoms with E-state index in [9.17, 15) is 9.18 Å². The predicted octanol–water partition coefficient (Wildman–Crippen LogP) is 3.55. The number of carbonyl (C=O) groups excluding carboxylic acids is 1. The van der Waals surface area contributed by atoms with Crippen molar-refractivity contribution in [1.82, 2.24) is 9.97 Å². The summed E-state index contributed by atoms with van der Waals surface area (Å²) >= 11 is 0. The minimum atomic E-state index is -0.454. The molecule has 1 aliphatic rings. The van der Waals surface area contributed by atoms with Gasteiger partial charge in [0.05, 0.1) is 6.20 Å². The molecule has 32 heavy (non-hydrogen) atoms. The Labute approximate surface area is 185 Å². The number of hydrogen-bond acceptors (Lipinski definition) is 7. The number of halogens is 1. The van der Waals surface area contributed by atoms with Gasteiger partial charge in [0, 0.05) is 36.6 Å². The maximum absolute atomic E-state index is 13.3. The van der Waals surface area contributed by atoms with Crippen LogP contribution in [0, 0.1) is 5.82 Å². The first-order valence-electron chi connectivity index (χ1n) is 10.5. The van der Waals surface area contributed by atoms with Crippen LogP contribution >= 0.6 is 0 Å². The molecule has 0 atom stereocenters. The lowest BCUT2D eigenvalue weighted by Crippen LogP contribution is -2.21. The number of ether oxygens (including phenoxy) is 1. The van der Waals surface area contributed by atoms with Gasteiger partial charge in [0.15, 0.2) is 11.6 Å². The van der Waals surface area contributed by atoms with E-state index in [0.717, 1.165) is 37.4 Å². The summed E-state index contributed by atoms with van der Waals surface area (Å²) < 4.78 is 19.0. The Kier molecular flexibility index (Phi) is 6.76. The summed E-state index contributed by atoms with van der Waals surface area (Å²) in [6.07, 6.45) is 3.89. The Balaban J connectivity index is 1.44. The van der Waals surface area contributed by atoms with Gasteiger partial charge in [-0.1, -0.05) is 6.07 Å². The van der Waals surface area contributed by atoms with Gasteiger partial charge < -0.3 is 26.0 Å². The van der Waals surface area contributed by atoms with Gasteiger partial charge in [-0.15, -0.1) is 0 Å². The molecule has 1 saturated heterocycles. The van der Waals surface area contributed by atoms with E-state index in [1.165, 1.54) is 18.2 Å². The van der Waals surface area contributed by atoms with Crippen LogP contribution in [0.15, 0.2) is 54.7 Å². The molecule has 1 amide bonds. The van der Waals surface area contributed by atoms with Crippen molar-refractivity contribution in [3.05, 3.63) is 66.1 Å². The van der Waals surface area contributed by atoms with E-state index in [1.54, 1.807) is 36.5 Å². The summed E-state index contributed by atoms with van der Waals surface area (Å²) in [6.45, 7) is 2.67. The third kappa shape index (κ3) is 5.30. The molecule has 1 fully saturated rings. The Hall–Kier alpha value is -3.72. The van der Waals surface area contributed by atoms with Gasteiger partial charge in [-0.25, -0.2) is 9.37 Å². The van der Waals surface area contributed by atoms with Crippen molar-refractivity contribution in [1.29, 1.82) is 0 Å². The number of carbonyl (C=O) groups is 1. The molecule has 4 rings (SSSR count). The summed E-state index contributed by atoms with van der Waals surface area (Å²) in [4.78, 5) is 23.5. The van der Waals surface area contributed by atoms with E-state index >= 15 is 0 Å². The summed E-state index contributed by atoms with van der Waals surface area (Å²) in [7, 11) is 0. The maximum Gasteiger partial charge on any atom is 0.255 e. The molecule has 0 bridgehead atoms. The molecular weight excluding hydrogens is 411 g/mol. The van der Waals surface area contributed by atoms with Gasteiger partial charge in [-0.2, -0.15) is 4.98 Å². The number of hydrogen-bond donors (Lipinski definition) is 3. The van der Waals surface area contributed by atoms with Crippen molar-refractivity contribution in [2.75, 3.05) is 41.8 Å². The van der Waals surface area contributed by atoms with Crippen molar-refractivity contribution in [2.24, 2.45) is 5.73 Å². The fraction of sp³-hybridized carbons (Fsp3) is 0.261. The van der Waals surface area contributed by atoms with Crippen molar-refractivity contribution < 1.29 is 13.9 Å². The van der Waals surface area contributed by atoms with Crippen LogP contribution in [-0.2, 0) is 0 Å². The summed E-state index contributed by atoms with van der Waals surface area (Å²) in [5.74, 6) is 0.996. The standard InChI is InChI=1S/C23H25FN6O2/c24-17-5-3-4-16(14-17)22(31)27-18-6-8-19(9-7-18)28-23-26-15-20(32-13-10-25)21(29-23)30-11-1-2-12-30/h3-9,14-15H,1-2,10-13,25H2,(H,27,31)(H,26,28,29). The highest BCUT2D eigenvalue weighted by atomic mass is 19.1. The highest BCUT2D eigenvalue weighted by Gasteiger charge is 2.19. The van der Waals surface area contributed by atoms with E-state index in [-0.39, 0.29) is 11.5 Å². The average molecular weight is 436 g/mol. The molecule has 2 aromatic carbocycles. The highest BCUT2D eigenvalue weighted by molar-refractivity contribution is 6.04. The second kappa shape index (κ2) is 10.1. The summed E-state index contributed by atoms with van der Waals surface area (Å²) in [5.41, 5.74) is 7.17. The zero-order valence-electron chi connectivity index (χ0n) is 17.6. The van der Waals surface area contributed by atoms with Gasteiger partial charge in [0.2, 0.25) is 5.95 Å². The molecule has 3 aromatic rings. The molecule has 0 spiro atoms. The third-order valence-electron chi connectivity index (χ3n) is 5.00. The van der Waals surface area contributed by atoms with Crippen molar-refractivity contribution in [2.45, 2.75) is 12.8 Å². The normalized spacial score (nSPS) is 13.1. The Morgan fingerprint density at radius 1 is 1.12 bits per heavy atom. The number of amides is 1. The molecule has 166 valence electrons. The topological polar surface area (TPSA) is 105 Å². The van der Waals surface area contributed by atoms with E-state index in [4.69, 9.17) is 10.5 Å². The monoisotopic (exact) mass is 436 g/mol. The average Bonchev–Trinajstić information content (AvgIpc) is 3.34. The van der Waals surface area contributed by atoms with Crippen LogP contribution in [0.2, 0.25) is 0 Å². The van der Waals surface area contributed by atoms with Crippen LogP contribution in [-0.4, -0.2) is 42.1 Å². The molecule has 1 aliphatic heterocycles. The van der Waals surface area contributed by atoms with E-state index in [2.05, 4.69) is 25.5 Å². The van der Waals surface area contributed by atoms with Crippen molar-refractivity contribution >= 4 is 29.0 Å². The first kappa shape index (κ1) is 21.5. The number of nitrogens with two attached hydrogens (primary N) is 1. The molecule has 9 heteroatoms. The minimum absolute atomic E-state index is 0.256. The zero-order chi connectivity index (χ0) is 22.3. The molecule has 0 unspecified atom stereocenters. The molecule has 0 aliphatic carbocycles. The lowest BCUT2D eigenvalue weighted by Gasteiger charge is -2.20. The maximum atomic E-state index is 13.3. The number of nitrogens with zero attached hydrogens (tertiary/aromatic N) is 3. The van der Waals surface area contributed by atoms with Crippen molar-refractivity contribution in [3.8, 4) is 5.75 Å². The SMILES string of the molecule is NCCOc1cnc(Nc2ccc(NC(=O)c3cccc(F)c3)cc2)nc1N1CCCC1. The van der Waals surface area contributed by atoms with Gasteiger partial charge in [0.1, 0.15) is 12.4 Å². The van der Waals surface area contributed by atoms with Crippen LogP contribution in [0.4, 0.5) is 27.5 Å². The number of rotatable bonds is 8. The Bertz CT molecular complexity index is 1070. The fourth-order valence-corrected chi connectivity index (χ4v) is 3.45. The quantitative estimate of drug-likeness (QED) is 0.496. The van der Waals surface area contributed by atoms with E-state index in [1.807, 2.05) is 0 Å². The molecule has 0 radical (unpaired) electrons. The summed E-state index contributed by atoms with van der Waals surface area (Å²) in [6, 6.07) is 12.7. The molecule has 1 aromatic heterocycles. The fourth-order valence-electron chi connectivity index (χ4n) is 3.45. The number of nitrogens with one attached hydrogen (secondary N) is 2. The molecule has 8 nitrogen and oxygen atoms in total. The second-order valence-corrected chi connectivity index (χ2v) is 7.38. The van der Waals surface area contributed by atoms with Gasteiger partial charge in [-0.05, 0) is 55.3 Å². The molecule has 4 N–H and O–H groups in total. The molecule has 0 saturated carbocycles. The predicted molar refractivity (Wildman–Crippen MR) is 122 cm³/mol. The van der Waals surface area contributed by atoms with Crippen molar-refractivity contribution in [3.63, 3.8) is 0 Å². The zero-order valence-corrected chi connectivity index (χ0v) is 17.6. The van der Waals surface area contributed by atoms with Gasteiger partial charge in [-0.3, -0.25) is 4.79 Å².